The molecule has 2 aliphatic heterocycles. The predicted octanol–water partition coefficient (Wildman–Crippen LogP) is 13.7. The van der Waals surface area contributed by atoms with Gasteiger partial charge >= 0.3 is 0 Å². The van der Waals surface area contributed by atoms with Crippen molar-refractivity contribution < 1.29 is 0 Å². The van der Waals surface area contributed by atoms with E-state index in [-0.39, 0.29) is 15.8 Å². The van der Waals surface area contributed by atoms with Crippen molar-refractivity contribution in [1.29, 1.82) is 0 Å². The van der Waals surface area contributed by atoms with E-state index in [4.69, 9.17) is 0 Å². The summed E-state index contributed by atoms with van der Waals surface area (Å²) in [5.41, 5.74) is 13.0. The minimum absolute atomic E-state index is 0.389. The Bertz CT molecular complexity index is 2400. The second-order valence-corrected chi connectivity index (χ2v) is 18.6. The molecule has 0 N–H and O–H groups in total. The standard InChI is InChI=1S/C46H36P2/c1-47-27-33-21-19-29-11-3-7-15-35(29)41(33)43-37-17-9-5-13-31(37)23-25-39(43)45(47)46-40-26-24-32-14-6-10-18-38(32)44(40)42-34(28-48(46)2)22-20-30-12-4-8-16-36(30)42/h3-26,45-46H,27-28H2,1-2H3/t45-,46?,47?,48?/m1/s1. The van der Waals surface area contributed by atoms with Crippen LogP contribution in [-0.4, -0.2) is 13.3 Å². The molecular formula is C46H36P2. The van der Waals surface area contributed by atoms with Crippen LogP contribution in [-0.2, 0) is 12.3 Å². The third-order valence-corrected chi connectivity index (χ3v) is 16.1. The van der Waals surface area contributed by atoms with Crippen LogP contribution >= 0.6 is 15.8 Å². The molecule has 4 atom stereocenters. The van der Waals surface area contributed by atoms with Gasteiger partial charge in [-0.1, -0.05) is 161 Å². The van der Waals surface area contributed by atoms with Crippen LogP contribution in [0.3, 0.4) is 0 Å². The number of benzene rings is 8. The molecule has 0 amide bonds. The molecule has 2 heteroatoms. The predicted molar refractivity (Wildman–Crippen MR) is 212 cm³/mol. The molecule has 0 aliphatic carbocycles. The van der Waals surface area contributed by atoms with Crippen LogP contribution in [0.1, 0.15) is 33.6 Å². The van der Waals surface area contributed by atoms with Crippen molar-refractivity contribution >= 4 is 58.9 Å². The summed E-state index contributed by atoms with van der Waals surface area (Å²) in [6, 6.07) is 55.9. The third-order valence-electron chi connectivity index (χ3n) is 11.2. The highest BCUT2D eigenvalue weighted by Gasteiger charge is 2.41. The average Bonchev–Trinajstić information content (AvgIpc) is 3.34. The van der Waals surface area contributed by atoms with Gasteiger partial charge in [0.1, 0.15) is 0 Å². The van der Waals surface area contributed by atoms with Gasteiger partial charge in [0.15, 0.2) is 0 Å². The highest BCUT2D eigenvalue weighted by Crippen LogP contribution is 2.72. The molecule has 8 aromatic carbocycles. The second kappa shape index (κ2) is 11.1. The fourth-order valence-electron chi connectivity index (χ4n) is 9.15. The molecule has 0 nitrogen and oxygen atoms in total. The summed E-state index contributed by atoms with van der Waals surface area (Å²) in [6.45, 7) is 5.22. The Hall–Kier alpha value is -4.34. The zero-order valence-electron chi connectivity index (χ0n) is 27.3. The highest BCUT2D eigenvalue weighted by molar-refractivity contribution is 7.60. The lowest BCUT2D eigenvalue weighted by molar-refractivity contribution is 0.883. The van der Waals surface area contributed by atoms with E-state index in [9.17, 15) is 0 Å². The first-order valence-electron chi connectivity index (χ1n) is 17.1. The lowest BCUT2D eigenvalue weighted by Crippen LogP contribution is -2.11. The lowest BCUT2D eigenvalue weighted by Gasteiger charge is -2.37. The second-order valence-electron chi connectivity index (χ2n) is 13.9. The minimum Gasteiger partial charge on any atom is -0.0967 e. The third kappa shape index (κ3) is 4.23. The van der Waals surface area contributed by atoms with E-state index in [0.717, 1.165) is 12.3 Å². The molecule has 0 bridgehead atoms. The minimum atomic E-state index is -0.389. The number of hydrogen-bond acceptors (Lipinski definition) is 0. The summed E-state index contributed by atoms with van der Waals surface area (Å²) in [5, 5.41) is 10.9. The van der Waals surface area contributed by atoms with Crippen LogP contribution in [0.5, 0.6) is 0 Å². The molecule has 230 valence electrons. The van der Waals surface area contributed by atoms with Crippen molar-refractivity contribution in [1.82, 2.24) is 0 Å². The van der Waals surface area contributed by atoms with Crippen LogP contribution in [0.15, 0.2) is 146 Å². The maximum atomic E-state index is 2.61. The number of fused-ring (bicyclic) bond motifs is 14. The molecule has 0 spiro atoms. The summed E-state index contributed by atoms with van der Waals surface area (Å²) in [4.78, 5) is 0. The molecule has 0 fully saturated rings. The fourth-order valence-corrected chi connectivity index (χ4v) is 15.2. The van der Waals surface area contributed by atoms with E-state index >= 15 is 0 Å². The molecule has 48 heavy (non-hydrogen) atoms. The van der Waals surface area contributed by atoms with Crippen molar-refractivity contribution in [3.63, 3.8) is 0 Å². The Morgan fingerprint density at radius 3 is 1.04 bits per heavy atom. The van der Waals surface area contributed by atoms with Gasteiger partial charge in [-0.05, 0) is 113 Å². The first-order valence-corrected chi connectivity index (χ1v) is 21.2. The Morgan fingerprint density at radius 1 is 0.354 bits per heavy atom. The Morgan fingerprint density at radius 2 is 0.667 bits per heavy atom. The normalized spacial score (nSPS) is 20.1. The maximum Gasteiger partial charge on any atom is 0.0157 e. The van der Waals surface area contributed by atoms with E-state index < -0.39 is 0 Å². The van der Waals surface area contributed by atoms with E-state index in [1.54, 1.807) is 11.1 Å². The molecule has 0 radical (unpaired) electrons. The van der Waals surface area contributed by atoms with E-state index in [1.165, 1.54) is 76.5 Å². The molecule has 10 rings (SSSR count). The van der Waals surface area contributed by atoms with E-state index in [1.807, 2.05) is 0 Å². The van der Waals surface area contributed by atoms with Crippen molar-refractivity contribution in [2.24, 2.45) is 0 Å². The van der Waals surface area contributed by atoms with Gasteiger partial charge in [0.05, 0.1) is 0 Å². The van der Waals surface area contributed by atoms with Crippen LogP contribution < -0.4 is 0 Å². The van der Waals surface area contributed by atoms with Crippen molar-refractivity contribution in [3.8, 4) is 22.3 Å². The van der Waals surface area contributed by atoms with Gasteiger partial charge in [0.2, 0.25) is 0 Å². The van der Waals surface area contributed by atoms with Gasteiger partial charge in [0.25, 0.3) is 0 Å². The zero-order chi connectivity index (χ0) is 31.9. The molecule has 8 aromatic rings. The van der Waals surface area contributed by atoms with Crippen LogP contribution in [0.4, 0.5) is 0 Å². The quantitative estimate of drug-likeness (QED) is 0.155. The zero-order valence-corrected chi connectivity index (χ0v) is 29.1. The summed E-state index contributed by atoms with van der Waals surface area (Å²) in [5.74, 6) is 0. The fraction of sp³-hybridized carbons (Fsp3) is 0.130. The highest BCUT2D eigenvalue weighted by atomic mass is 31.1. The number of rotatable bonds is 1. The summed E-state index contributed by atoms with van der Waals surface area (Å²) in [7, 11) is -0.778. The van der Waals surface area contributed by atoms with Crippen LogP contribution in [0, 0.1) is 0 Å². The monoisotopic (exact) mass is 650 g/mol. The maximum absolute atomic E-state index is 2.61. The summed E-state index contributed by atoms with van der Waals surface area (Å²) >= 11 is 0. The van der Waals surface area contributed by atoms with E-state index in [2.05, 4.69) is 159 Å². The molecule has 0 saturated heterocycles. The van der Waals surface area contributed by atoms with Gasteiger partial charge in [0, 0.05) is 11.3 Å². The lowest BCUT2D eigenvalue weighted by atomic mass is 9.83. The molecule has 0 aromatic heterocycles. The molecule has 3 unspecified atom stereocenters. The first-order chi connectivity index (χ1) is 23.7. The molecule has 2 aliphatic rings. The van der Waals surface area contributed by atoms with Crippen LogP contribution in [0.25, 0.3) is 65.3 Å². The summed E-state index contributed by atoms with van der Waals surface area (Å²) in [6.07, 6.45) is 2.28. The molecule has 2 heterocycles. The molecule has 0 saturated carbocycles. The Labute approximate surface area is 285 Å². The topological polar surface area (TPSA) is 0 Å². The van der Waals surface area contributed by atoms with E-state index in [0.29, 0.717) is 11.3 Å². The van der Waals surface area contributed by atoms with Crippen molar-refractivity contribution in [2.75, 3.05) is 13.3 Å². The molecular weight excluding hydrogens is 614 g/mol. The van der Waals surface area contributed by atoms with Gasteiger partial charge in [-0.15, -0.1) is 0 Å². The van der Waals surface area contributed by atoms with Gasteiger partial charge in [-0.25, -0.2) is 0 Å². The number of hydrogen-bond donors (Lipinski definition) is 0. The van der Waals surface area contributed by atoms with Crippen molar-refractivity contribution in [2.45, 2.75) is 23.6 Å². The average molecular weight is 651 g/mol. The SMILES string of the molecule is CP1Cc2ccc3ccccc3c2-c2c(ccc3ccccc23)C1[C@H]1c2ccc3ccccc3c2-c2c(ccc3ccccc23)CP1C. The Balaban J connectivity index is 1.31. The van der Waals surface area contributed by atoms with Crippen molar-refractivity contribution in [3.05, 3.63) is 168 Å². The first kappa shape index (κ1) is 28.7. The Kier molecular flexibility index (Phi) is 6.63. The summed E-state index contributed by atoms with van der Waals surface area (Å²) < 4.78 is 0. The largest absolute Gasteiger partial charge is 0.0967 e. The van der Waals surface area contributed by atoms with Crippen LogP contribution in [0.2, 0.25) is 0 Å². The van der Waals surface area contributed by atoms with Gasteiger partial charge in [-0.2, -0.15) is 0 Å². The van der Waals surface area contributed by atoms with Gasteiger partial charge in [-0.3, -0.25) is 0 Å². The smallest absolute Gasteiger partial charge is 0.0157 e. The van der Waals surface area contributed by atoms with Gasteiger partial charge < -0.3 is 0 Å².